The molecular weight excluding hydrogens is 376 g/mol. The Hall–Kier alpha value is -3.88. The Morgan fingerprint density at radius 3 is 2.41 bits per heavy atom. The minimum atomic E-state index is -0.489. The molecular formula is C20H20N4O5. The molecule has 0 atom stereocenters. The number of aromatic amines is 1. The average Bonchev–Trinajstić information content (AvgIpc) is 3.02. The van der Waals surface area contributed by atoms with Gasteiger partial charge in [0.15, 0.2) is 0 Å². The van der Waals surface area contributed by atoms with E-state index in [0.717, 1.165) is 0 Å². The summed E-state index contributed by atoms with van der Waals surface area (Å²) in [5.74, 6) is 1.16. The van der Waals surface area contributed by atoms with Crippen LogP contribution in [0.2, 0.25) is 0 Å². The van der Waals surface area contributed by atoms with Crippen molar-refractivity contribution in [2.45, 2.75) is 13.8 Å². The minimum absolute atomic E-state index is 0.0466. The van der Waals surface area contributed by atoms with Crippen molar-refractivity contribution in [2.75, 3.05) is 14.2 Å². The Balaban J connectivity index is 2.03. The van der Waals surface area contributed by atoms with Gasteiger partial charge in [0.1, 0.15) is 17.2 Å². The summed E-state index contributed by atoms with van der Waals surface area (Å²) in [5.41, 5.74) is 2.26. The van der Waals surface area contributed by atoms with Gasteiger partial charge in [-0.15, -0.1) is 0 Å². The lowest BCUT2D eigenvalue weighted by atomic mass is 10.1. The molecule has 0 bridgehead atoms. The topological polar surface area (TPSA) is 112 Å². The summed E-state index contributed by atoms with van der Waals surface area (Å²) in [6, 6.07) is 10.9. The maximum Gasteiger partial charge on any atom is 0.280 e. The number of nitro benzene ring substituents is 1. The summed E-state index contributed by atoms with van der Waals surface area (Å²) in [6.07, 6.45) is 0. The van der Waals surface area contributed by atoms with Crippen molar-refractivity contribution in [1.29, 1.82) is 0 Å². The molecule has 3 rings (SSSR count). The molecule has 9 nitrogen and oxygen atoms in total. The van der Waals surface area contributed by atoms with E-state index in [0.29, 0.717) is 39.8 Å². The standard InChI is InChI=1S/C20H20N4O5/c1-12(21-17-10-9-16(28-3)11-18(17)29-4)19-13(2)22-23(20(19)25)14-5-7-15(8-6-14)24(26)27/h5-11,22H,1-4H3. The zero-order valence-electron chi connectivity index (χ0n) is 16.4. The Labute approximate surface area is 166 Å². The number of methoxy groups -OCH3 is 2. The largest absolute Gasteiger partial charge is 0.497 e. The number of aliphatic imine (C=N–C) groups is 1. The first kappa shape index (κ1) is 19.9. The summed E-state index contributed by atoms with van der Waals surface area (Å²) in [5, 5.41) is 13.8. The first-order valence-corrected chi connectivity index (χ1v) is 8.70. The van der Waals surface area contributed by atoms with Gasteiger partial charge in [-0.25, -0.2) is 9.67 Å². The van der Waals surface area contributed by atoms with Gasteiger partial charge < -0.3 is 9.47 Å². The predicted molar refractivity (Wildman–Crippen MR) is 109 cm³/mol. The van der Waals surface area contributed by atoms with Crippen LogP contribution in [0.5, 0.6) is 11.5 Å². The van der Waals surface area contributed by atoms with Gasteiger partial charge >= 0.3 is 0 Å². The van der Waals surface area contributed by atoms with E-state index in [2.05, 4.69) is 10.1 Å². The molecule has 1 heterocycles. The second-order valence-electron chi connectivity index (χ2n) is 6.26. The Morgan fingerprint density at radius 1 is 1.14 bits per heavy atom. The molecule has 150 valence electrons. The van der Waals surface area contributed by atoms with E-state index in [4.69, 9.17) is 9.47 Å². The van der Waals surface area contributed by atoms with Gasteiger partial charge in [0.2, 0.25) is 0 Å². The highest BCUT2D eigenvalue weighted by molar-refractivity contribution is 6.01. The fourth-order valence-electron chi connectivity index (χ4n) is 2.99. The summed E-state index contributed by atoms with van der Waals surface area (Å²) in [6.45, 7) is 3.50. The molecule has 0 fully saturated rings. The van der Waals surface area contributed by atoms with E-state index in [1.54, 1.807) is 39.2 Å². The van der Waals surface area contributed by atoms with Gasteiger partial charge in [0.25, 0.3) is 11.2 Å². The molecule has 9 heteroatoms. The van der Waals surface area contributed by atoms with Gasteiger partial charge in [-0.1, -0.05) is 0 Å². The number of aromatic nitrogens is 2. The number of non-ortho nitro benzene ring substituents is 1. The van der Waals surface area contributed by atoms with E-state index in [1.165, 1.54) is 36.1 Å². The molecule has 2 aromatic carbocycles. The van der Waals surface area contributed by atoms with Crippen LogP contribution in [0, 0.1) is 17.0 Å². The number of nitrogens with zero attached hydrogens (tertiary/aromatic N) is 3. The van der Waals surface area contributed by atoms with Crippen molar-refractivity contribution in [3.63, 3.8) is 0 Å². The SMILES string of the molecule is COc1ccc(N=C(C)c2c(C)[nH]n(-c3ccc([N+](=O)[O-])cc3)c2=O)c(OC)c1. The van der Waals surface area contributed by atoms with Crippen LogP contribution in [0.4, 0.5) is 11.4 Å². The van der Waals surface area contributed by atoms with Crippen molar-refractivity contribution < 1.29 is 14.4 Å². The van der Waals surface area contributed by atoms with E-state index in [9.17, 15) is 14.9 Å². The van der Waals surface area contributed by atoms with Crippen molar-refractivity contribution >= 4 is 17.1 Å². The third kappa shape index (κ3) is 3.88. The van der Waals surface area contributed by atoms with Gasteiger partial charge in [-0.05, 0) is 38.1 Å². The number of hydrogen-bond acceptors (Lipinski definition) is 6. The molecule has 0 amide bonds. The van der Waals surface area contributed by atoms with Crippen LogP contribution in [-0.2, 0) is 0 Å². The third-order valence-electron chi connectivity index (χ3n) is 4.43. The zero-order chi connectivity index (χ0) is 21.1. The monoisotopic (exact) mass is 396 g/mol. The molecule has 0 aliphatic rings. The average molecular weight is 396 g/mol. The molecule has 0 saturated heterocycles. The first-order valence-electron chi connectivity index (χ1n) is 8.70. The second-order valence-corrected chi connectivity index (χ2v) is 6.26. The van der Waals surface area contributed by atoms with Gasteiger partial charge in [-0.3, -0.25) is 20.0 Å². The normalized spacial score (nSPS) is 11.4. The van der Waals surface area contributed by atoms with Crippen LogP contribution in [-0.4, -0.2) is 34.6 Å². The number of nitrogens with one attached hydrogen (secondary N) is 1. The van der Waals surface area contributed by atoms with E-state index >= 15 is 0 Å². The number of hydrogen-bond donors (Lipinski definition) is 1. The fraction of sp³-hybridized carbons (Fsp3) is 0.200. The Kier molecular flexibility index (Phi) is 5.49. The number of rotatable bonds is 6. The van der Waals surface area contributed by atoms with E-state index in [-0.39, 0.29) is 11.2 Å². The van der Waals surface area contributed by atoms with Crippen LogP contribution in [0.1, 0.15) is 18.2 Å². The summed E-state index contributed by atoms with van der Waals surface area (Å²) in [4.78, 5) is 27.9. The first-order chi connectivity index (χ1) is 13.8. The number of aryl methyl sites for hydroxylation is 1. The lowest BCUT2D eigenvalue weighted by molar-refractivity contribution is -0.384. The molecule has 0 saturated carbocycles. The van der Waals surface area contributed by atoms with Crippen molar-refractivity contribution in [3.05, 3.63) is 74.2 Å². The summed E-state index contributed by atoms with van der Waals surface area (Å²) in [7, 11) is 3.10. The van der Waals surface area contributed by atoms with E-state index in [1.807, 2.05) is 0 Å². The molecule has 0 aliphatic heterocycles. The minimum Gasteiger partial charge on any atom is -0.497 e. The van der Waals surface area contributed by atoms with Crippen molar-refractivity contribution in [2.24, 2.45) is 4.99 Å². The molecule has 29 heavy (non-hydrogen) atoms. The third-order valence-corrected chi connectivity index (χ3v) is 4.43. The highest BCUT2D eigenvalue weighted by atomic mass is 16.6. The lowest BCUT2D eigenvalue weighted by Crippen LogP contribution is -2.19. The highest BCUT2D eigenvalue weighted by Gasteiger charge is 2.16. The quantitative estimate of drug-likeness (QED) is 0.389. The Bertz CT molecular complexity index is 1140. The summed E-state index contributed by atoms with van der Waals surface area (Å²) >= 11 is 0. The highest BCUT2D eigenvalue weighted by Crippen LogP contribution is 2.32. The van der Waals surface area contributed by atoms with Crippen LogP contribution in [0.15, 0.2) is 52.3 Å². The summed E-state index contributed by atoms with van der Waals surface area (Å²) < 4.78 is 11.9. The lowest BCUT2D eigenvalue weighted by Gasteiger charge is -2.07. The molecule has 1 aromatic heterocycles. The molecule has 1 N–H and O–H groups in total. The van der Waals surface area contributed by atoms with Crippen LogP contribution < -0.4 is 15.0 Å². The number of ether oxygens (including phenoxy) is 2. The fourth-order valence-corrected chi connectivity index (χ4v) is 2.99. The number of benzene rings is 2. The van der Waals surface area contributed by atoms with Crippen LogP contribution >= 0.6 is 0 Å². The van der Waals surface area contributed by atoms with Crippen molar-refractivity contribution in [3.8, 4) is 17.2 Å². The molecule has 3 aromatic rings. The van der Waals surface area contributed by atoms with E-state index < -0.39 is 4.92 Å². The van der Waals surface area contributed by atoms with Gasteiger partial charge in [0.05, 0.1) is 36.1 Å². The maximum atomic E-state index is 13.0. The molecule has 0 radical (unpaired) electrons. The number of H-pyrrole nitrogens is 1. The Morgan fingerprint density at radius 2 is 1.83 bits per heavy atom. The van der Waals surface area contributed by atoms with Gasteiger partial charge in [-0.2, -0.15) is 0 Å². The predicted octanol–water partition coefficient (Wildman–Crippen LogP) is 3.54. The molecule has 0 unspecified atom stereocenters. The van der Waals surface area contributed by atoms with Gasteiger partial charge in [0, 0.05) is 23.9 Å². The molecule has 0 aliphatic carbocycles. The van der Waals surface area contributed by atoms with Crippen LogP contribution in [0.25, 0.3) is 5.69 Å². The second kappa shape index (κ2) is 8.01. The number of nitro groups is 1. The molecule has 0 spiro atoms. The van der Waals surface area contributed by atoms with Crippen molar-refractivity contribution in [1.82, 2.24) is 9.78 Å². The van der Waals surface area contributed by atoms with Crippen LogP contribution in [0.3, 0.4) is 0 Å². The smallest absolute Gasteiger partial charge is 0.280 e. The zero-order valence-corrected chi connectivity index (χ0v) is 16.4. The maximum absolute atomic E-state index is 13.0.